The number of rotatable bonds is 6. The van der Waals surface area contributed by atoms with Crippen LogP contribution in [0.3, 0.4) is 0 Å². The molecule has 1 aromatic carbocycles. The van der Waals surface area contributed by atoms with Gasteiger partial charge in [0.15, 0.2) is 17.0 Å². The lowest BCUT2D eigenvalue weighted by molar-refractivity contribution is -0.0207. The Bertz CT molecular complexity index is 896. The van der Waals surface area contributed by atoms with Crippen LogP contribution < -0.4 is 5.32 Å². The first-order valence-electron chi connectivity index (χ1n) is 9.42. The molecule has 3 atom stereocenters. The van der Waals surface area contributed by atoms with Crippen LogP contribution in [0.4, 0.5) is 5.82 Å². The molecule has 0 saturated carbocycles. The average molecular weight is 367 g/mol. The monoisotopic (exact) mass is 367 g/mol. The Hall–Kier alpha value is -2.51. The Morgan fingerprint density at radius 3 is 2.70 bits per heavy atom. The van der Waals surface area contributed by atoms with Gasteiger partial charge in [0.25, 0.3) is 0 Å². The molecule has 142 valence electrons. The predicted octanol–water partition coefficient (Wildman–Crippen LogP) is 3.31. The number of aliphatic hydroxyl groups is 1. The molecule has 7 nitrogen and oxygen atoms in total. The molecule has 0 spiro atoms. The van der Waals surface area contributed by atoms with Crippen LogP contribution in [0.1, 0.15) is 44.5 Å². The third-order valence-corrected chi connectivity index (χ3v) is 5.08. The van der Waals surface area contributed by atoms with Crippen molar-refractivity contribution in [2.24, 2.45) is 5.92 Å². The third-order valence-electron chi connectivity index (χ3n) is 5.08. The topological polar surface area (TPSA) is 85.1 Å². The van der Waals surface area contributed by atoms with Crippen LogP contribution in [0.25, 0.3) is 11.2 Å². The van der Waals surface area contributed by atoms with Gasteiger partial charge in [-0.25, -0.2) is 15.0 Å². The van der Waals surface area contributed by atoms with E-state index >= 15 is 0 Å². The summed E-state index contributed by atoms with van der Waals surface area (Å²) in [6, 6.07) is 10.5. The van der Waals surface area contributed by atoms with Crippen LogP contribution in [0.15, 0.2) is 43.0 Å². The molecule has 0 radical (unpaired) electrons. The molecule has 2 aromatic heterocycles. The van der Waals surface area contributed by atoms with Crippen molar-refractivity contribution in [3.05, 3.63) is 48.5 Å². The predicted molar refractivity (Wildman–Crippen MR) is 103 cm³/mol. The van der Waals surface area contributed by atoms with Crippen molar-refractivity contribution in [2.75, 3.05) is 11.9 Å². The fourth-order valence-corrected chi connectivity index (χ4v) is 3.64. The largest absolute Gasteiger partial charge is 0.394 e. The number of nitrogens with one attached hydrogen (secondary N) is 1. The number of imidazole rings is 1. The number of aliphatic hydroxyl groups excluding tert-OH is 1. The number of fused-ring (bicyclic) bond motifs is 1. The maximum absolute atomic E-state index is 9.31. The van der Waals surface area contributed by atoms with E-state index in [9.17, 15) is 5.11 Å². The zero-order valence-electron chi connectivity index (χ0n) is 15.6. The molecule has 2 N–H and O–H groups in total. The van der Waals surface area contributed by atoms with E-state index in [-0.39, 0.29) is 25.0 Å². The van der Waals surface area contributed by atoms with Gasteiger partial charge < -0.3 is 15.2 Å². The van der Waals surface area contributed by atoms with Gasteiger partial charge in [0.2, 0.25) is 0 Å². The number of aromatic nitrogens is 4. The molecule has 0 bridgehead atoms. The normalized spacial score (nSPS) is 21.0. The molecule has 3 unspecified atom stereocenters. The molecule has 3 aromatic rings. The van der Waals surface area contributed by atoms with Crippen LogP contribution in [-0.4, -0.2) is 37.3 Å². The molecule has 1 aliphatic heterocycles. The van der Waals surface area contributed by atoms with Crippen LogP contribution in [0, 0.1) is 5.92 Å². The molecule has 27 heavy (non-hydrogen) atoms. The lowest BCUT2D eigenvalue weighted by Crippen LogP contribution is -2.18. The second-order valence-electron chi connectivity index (χ2n) is 7.30. The molecule has 1 fully saturated rings. The summed E-state index contributed by atoms with van der Waals surface area (Å²) in [7, 11) is 0. The fraction of sp³-hybridized carbons (Fsp3) is 0.450. The lowest BCUT2D eigenvalue weighted by Gasteiger charge is -2.23. The summed E-state index contributed by atoms with van der Waals surface area (Å²) < 4.78 is 7.82. The summed E-state index contributed by atoms with van der Waals surface area (Å²) in [5, 5.41) is 12.9. The summed E-state index contributed by atoms with van der Waals surface area (Å²) in [6.07, 6.45) is 4.72. The molecular formula is C20H25N5O2. The summed E-state index contributed by atoms with van der Waals surface area (Å²) in [5.41, 5.74) is 2.69. The molecule has 0 amide bonds. The van der Waals surface area contributed by atoms with E-state index in [0.29, 0.717) is 5.92 Å². The maximum atomic E-state index is 9.31. The van der Waals surface area contributed by atoms with Gasteiger partial charge >= 0.3 is 0 Å². The van der Waals surface area contributed by atoms with Crippen molar-refractivity contribution in [1.29, 1.82) is 0 Å². The van der Waals surface area contributed by atoms with Crippen LogP contribution in [-0.2, 0) is 4.74 Å². The molecule has 3 heterocycles. The molecule has 1 aliphatic rings. The molecule has 1 saturated heterocycles. The second-order valence-corrected chi connectivity index (χ2v) is 7.30. The highest BCUT2D eigenvalue weighted by molar-refractivity contribution is 5.82. The number of ether oxygens (including phenoxy) is 1. The lowest BCUT2D eigenvalue weighted by atomic mass is 9.96. The van der Waals surface area contributed by atoms with Crippen molar-refractivity contribution >= 4 is 17.0 Å². The SMILES string of the molecule is CC(C)C(Nc1ncnc2c1ncn2C1CCC(CO)O1)c1ccccc1. The number of benzene rings is 1. The molecule has 4 rings (SSSR count). The molecule has 0 aliphatic carbocycles. The van der Waals surface area contributed by atoms with Gasteiger partial charge in [-0.15, -0.1) is 0 Å². The number of nitrogens with zero attached hydrogens (tertiary/aromatic N) is 4. The van der Waals surface area contributed by atoms with Gasteiger partial charge in [0.05, 0.1) is 25.1 Å². The van der Waals surface area contributed by atoms with E-state index < -0.39 is 0 Å². The molecule has 7 heteroatoms. The zero-order chi connectivity index (χ0) is 18.8. The Kier molecular flexibility index (Phi) is 5.05. The standard InChI is InChI=1S/C20H25N5O2/c1-13(2)17(14-6-4-3-5-7-14)24-19-18-20(22-11-21-19)25(12-23-18)16-9-8-15(10-26)27-16/h3-7,11-13,15-17,26H,8-10H2,1-2H3,(H,21,22,24). The minimum absolute atomic E-state index is 0.0397. The highest BCUT2D eigenvalue weighted by atomic mass is 16.5. The van der Waals surface area contributed by atoms with E-state index in [2.05, 4.69) is 46.2 Å². The Morgan fingerprint density at radius 1 is 1.19 bits per heavy atom. The summed E-state index contributed by atoms with van der Waals surface area (Å²) in [5.74, 6) is 1.10. The highest BCUT2D eigenvalue weighted by Gasteiger charge is 2.28. The second kappa shape index (κ2) is 7.62. The van der Waals surface area contributed by atoms with E-state index in [4.69, 9.17) is 4.74 Å². The van der Waals surface area contributed by atoms with Gasteiger partial charge in [0, 0.05) is 0 Å². The first kappa shape index (κ1) is 17.9. The smallest absolute Gasteiger partial charge is 0.167 e. The van der Waals surface area contributed by atoms with Crippen molar-refractivity contribution in [2.45, 2.75) is 45.1 Å². The maximum Gasteiger partial charge on any atom is 0.167 e. The van der Waals surface area contributed by atoms with E-state index in [1.807, 2.05) is 22.8 Å². The molecular weight excluding hydrogens is 342 g/mol. The van der Waals surface area contributed by atoms with Crippen LogP contribution >= 0.6 is 0 Å². The minimum atomic E-state index is -0.148. The Balaban J connectivity index is 1.65. The van der Waals surface area contributed by atoms with Crippen molar-refractivity contribution < 1.29 is 9.84 Å². The van der Waals surface area contributed by atoms with Crippen molar-refractivity contribution in [3.8, 4) is 0 Å². The Morgan fingerprint density at radius 2 is 2.00 bits per heavy atom. The van der Waals surface area contributed by atoms with Crippen molar-refractivity contribution in [3.63, 3.8) is 0 Å². The first-order valence-corrected chi connectivity index (χ1v) is 9.42. The van der Waals surface area contributed by atoms with Crippen LogP contribution in [0.5, 0.6) is 0 Å². The summed E-state index contributed by atoms with van der Waals surface area (Å²) >= 11 is 0. The third kappa shape index (κ3) is 3.52. The van der Waals surface area contributed by atoms with E-state index in [0.717, 1.165) is 29.8 Å². The highest BCUT2D eigenvalue weighted by Crippen LogP contribution is 2.32. The van der Waals surface area contributed by atoms with Crippen molar-refractivity contribution in [1.82, 2.24) is 19.5 Å². The van der Waals surface area contributed by atoms with Gasteiger partial charge in [-0.2, -0.15) is 0 Å². The Labute approximate surface area is 158 Å². The van der Waals surface area contributed by atoms with Gasteiger partial charge in [-0.05, 0) is 24.3 Å². The van der Waals surface area contributed by atoms with Gasteiger partial charge in [0.1, 0.15) is 12.6 Å². The summed E-state index contributed by atoms with van der Waals surface area (Å²) in [4.78, 5) is 13.4. The quantitative estimate of drug-likeness (QED) is 0.695. The number of hydrogen-bond donors (Lipinski definition) is 2. The zero-order valence-corrected chi connectivity index (χ0v) is 15.6. The van der Waals surface area contributed by atoms with Crippen LogP contribution in [0.2, 0.25) is 0 Å². The fourth-order valence-electron chi connectivity index (χ4n) is 3.64. The van der Waals surface area contributed by atoms with Gasteiger partial charge in [-0.3, -0.25) is 4.57 Å². The number of anilines is 1. The van der Waals surface area contributed by atoms with E-state index in [1.165, 1.54) is 5.56 Å². The van der Waals surface area contributed by atoms with E-state index in [1.54, 1.807) is 12.7 Å². The summed E-state index contributed by atoms with van der Waals surface area (Å²) in [6.45, 7) is 4.41. The number of hydrogen-bond acceptors (Lipinski definition) is 6. The average Bonchev–Trinajstić information content (AvgIpc) is 3.33. The first-order chi connectivity index (χ1) is 13.2. The van der Waals surface area contributed by atoms with Gasteiger partial charge in [-0.1, -0.05) is 44.2 Å². The minimum Gasteiger partial charge on any atom is -0.394 e.